The van der Waals surface area contributed by atoms with Crippen molar-refractivity contribution in [2.45, 2.75) is 38.7 Å². The van der Waals surface area contributed by atoms with Crippen LogP contribution < -0.4 is 5.73 Å². The van der Waals surface area contributed by atoms with E-state index in [4.69, 9.17) is 15.2 Å². The van der Waals surface area contributed by atoms with Gasteiger partial charge in [-0.05, 0) is 32.3 Å². The Bertz CT molecular complexity index is 486. The zero-order valence-corrected chi connectivity index (χ0v) is 14.3. The van der Waals surface area contributed by atoms with E-state index in [2.05, 4.69) is 11.7 Å². The molecule has 6 heteroatoms. The molecule has 0 amide bonds. The minimum Gasteiger partial charge on any atom is -0.462 e. The van der Waals surface area contributed by atoms with Crippen molar-refractivity contribution in [2.75, 3.05) is 33.7 Å². The monoisotopic (exact) mass is 315 g/mol. The number of rotatable bonds is 3. The lowest BCUT2D eigenvalue weighted by Gasteiger charge is -2.32. The highest BCUT2D eigenvalue weighted by Crippen LogP contribution is 2.40. The molecule has 1 unspecified atom stereocenters. The first-order chi connectivity index (χ1) is 9.92. The summed E-state index contributed by atoms with van der Waals surface area (Å²) in [6.07, 6.45) is 2.54. The van der Waals surface area contributed by atoms with E-state index in [9.17, 15) is 4.79 Å². The van der Waals surface area contributed by atoms with Crippen LogP contribution in [0.1, 0.15) is 41.1 Å². The summed E-state index contributed by atoms with van der Waals surface area (Å²) >= 11 is 1.49. The van der Waals surface area contributed by atoms with Gasteiger partial charge >= 0.3 is 5.97 Å². The molecule has 1 aromatic rings. The van der Waals surface area contributed by atoms with Gasteiger partial charge in [-0.1, -0.05) is 0 Å². The Morgan fingerprint density at radius 1 is 1.38 bits per heavy atom. The highest BCUT2D eigenvalue weighted by molar-refractivity contribution is 7.16. The number of carbonyl (C=O) groups is 1. The Kier molecular flexibility index (Phi) is 6.64. The molecule has 21 heavy (non-hydrogen) atoms. The summed E-state index contributed by atoms with van der Waals surface area (Å²) in [7, 11) is 4.98. The predicted octanol–water partition coefficient (Wildman–Crippen LogP) is 2.66. The number of thiophene rings is 1. The van der Waals surface area contributed by atoms with Gasteiger partial charge < -0.3 is 19.9 Å². The number of ether oxygens (including phenoxy) is 3. The van der Waals surface area contributed by atoms with Crippen molar-refractivity contribution in [3.05, 3.63) is 16.0 Å². The minimum atomic E-state index is -0.298. The van der Waals surface area contributed by atoms with Crippen molar-refractivity contribution in [3.63, 3.8) is 0 Å². The lowest BCUT2D eigenvalue weighted by molar-refractivity contribution is -0.00429. The van der Waals surface area contributed by atoms with Gasteiger partial charge in [0.15, 0.2) is 0 Å². The Morgan fingerprint density at radius 2 is 2.00 bits per heavy atom. The van der Waals surface area contributed by atoms with Gasteiger partial charge in [0.2, 0.25) is 0 Å². The molecule has 1 aromatic heterocycles. The lowest BCUT2D eigenvalue weighted by atomic mass is 9.84. The third kappa shape index (κ3) is 4.18. The van der Waals surface area contributed by atoms with Crippen LogP contribution in [0.5, 0.6) is 0 Å². The Morgan fingerprint density at radius 3 is 2.52 bits per heavy atom. The van der Waals surface area contributed by atoms with Crippen LogP contribution in [0.15, 0.2) is 0 Å². The second-order valence-corrected chi connectivity index (χ2v) is 6.34. The van der Waals surface area contributed by atoms with Crippen LogP contribution in [0.25, 0.3) is 0 Å². The van der Waals surface area contributed by atoms with Crippen molar-refractivity contribution >= 4 is 22.3 Å². The number of nitrogen functional groups attached to an aromatic ring is 1. The van der Waals surface area contributed by atoms with Crippen molar-refractivity contribution in [2.24, 2.45) is 0 Å². The van der Waals surface area contributed by atoms with E-state index in [0.29, 0.717) is 17.2 Å². The van der Waals surface area contributed by atoms with Gasteiger partial charge in [0.1, 0.15) is 5.00 Å². The second-order valence-electron chi connectivity index (χ2n) is 5.20. The number of nitrogens with two attached hydrogens (primary N) is 1. The molecule has 0 saturated heterocycles. The molecule has 0 spiro atoms. The number of carbonyl (C=O) groups excluding carboxylic acids is 1. The summed E-state index contributed by atoms with van der Waals surface area (Å²) in [6.45, 7) is 4.27. The fraction of sp³-hybridized carbons (Fsp3) is 0.667. The predicted molar refractivity (Wildman–Crippen MR) is 85.1 cm³/mol. The van der Waals surface area contributed by atoms with Crippen molar-refractivity contribution in [1.82, 2.24) is 0 Å². The van der Waals surface area contributed by atoms with E-state index < -0.39 is 0 Å². The quantitative estimate of drug-likeness (QED) is 0.868. The van der Waals surface area contributed by atoms with E-state index in [-0.39, 0.29) is 11.6 Å². The Hall–Kier alpha value is -1.11. The van der Waals surface area contributed by atoms with Crippen LogP contribution in [0, 0.1) is 0 Å². The zero-order chi connectivity index (χ0) is 16.0. The summed E-state index contributed by atoms with van der Waals surface area (Å²) in [5, 5.41) is 0.568. The second kappa shape index (κ2) is 7.77. The molecule has 0 aromatic carbocycles. The molecule has 0 saturated carbocycles. The van der Waals surface area contributed by atoms with Gasteiger partial charge in [-0.25, -0.2) is 4.79 Å². The SMILES string of the molecule is CCOC(=O)c1c(N)sc2c1CCC(C)(OC)C2.COC. The van der Waals surface area contributed by atoms with Crippen molar-refractivity contribution in [1.29, 1.82) is 0 Å². The van der Waals surface area contributed by atoms with Gasteiger partial charge in [0.05, 0.1) is 17.8 Å². The topological polar surface area (TPSA) is 70.8 Å². The molecular weight excluding hydrogens is 290 g/mol. The number of anilines is 1. The number of fused-ring (bicyclic) bond motifs is 1. The first-order valence-electron chi connectivity index (χ1n) is 6.94. The molecule has 0 radical (unpaired) electrons. The van der Waals surface area contributed by atoms with Crippen LogP contribution in [0.4, 0.5) is 5.00 Å². The van der Waals surface area contributed by atoms with E-state index in [1.807, 2.05) is 0 Å². The minimum absolute atomic E-state index is 0.143. The number of hydrogen-bond donors (Lipinski definition) is 1. The molecule has 0 aliphatic heterocycles. The maximum absolute atomic E-state index is 11.9. The average Bonchev–Trinajstić information content (AvgIpc) is 2.74. The maximum Gasteiger partial charge on any atom is 0.341 e. The fourth-order valence-corrected chi connectivity index (χ4v) is 3.64. The van der Waals surface area contributed by atoms with Gasteiger partial charge in [-0.3, -0.25) is 0 Å². The number of methoxy groups -OCH3 is 2. The lowest BCUT2D eigenvalue weighted by Crippen LogP contribution is -2.34. The molecule has 2 N–H and O–H groups in total. The molecule has 1 aliphatic carbocycles. The molecule has 120 valence electrons. The van der Waals surface area contributed by atoms with E-state index in [0.717, 1.165) is 29.7 Å². The first-order valence-corrected chi connectivity index (χ1v) is 7.76. The highest BCUT2D eigenvalue weighted by Gasteiger charge is 2.34. The number of hydrogen-bond acceptors (Lipinski definition) is 6. The van der Waals surface area contributed by atoms with E-state index in [1.54, 1.807) is 28.3 Å². The van der Waals surface area contributed by atoms with Gasteiger partial charge in [-0.15, -0.1) is 11.3 Å². The molecule has 0 bridgehead atoms. The van der Waals surface area contributed by atoms with E-state index >= 15 is 0 Å². The Balaban J connectivity index is 0.000000677. The summed E-state index contributed by atoms with van der Waals surface area (Å²) in [5.41, 5.74) is 7.46. The summed E-state index contributed by atoms with van der Waals surface area (Å²) in [4.78, 5) is 13.1. The summed E-state index contributed by atoms with van der Waals surface area (Å²) in [6, 6.07) is 0. The third-order valence-electron chi connectivity index (χ3n) is 3.53. The van der Waals surface area contributed by atoms with Crippen LogP contribution in [-0.2, 0) is 27.1 Å². The average molecular weight is 315 g/mol. The third-order valence-corrected chi connectivity index (χ3v) is 4.59. The smallest absolute Gasteiger partial charge is 0.341 e. The molecule has 1 aliphatic rings. The molecule has 5 nitrogen and oxygen atoms in total. The molecule has 1 atom stereocenters. The molecule has 1 heterocycles. The number of esters is 1. The van der Waals surface area contributed by atoms with Crippen LogP contribution in [0.3, 0.4) is 0 Å². The normalized spacial score (nSPS) is 20.2. The largest absolute Gasteiger partial charge is 0.462 e. The molecule has 0 fully saturated rings. The molecular formula is C15H25NO4S. The van der Waals surface area contributed by atoms with Crippen molar-refractivity contribution < 1.29 is 19.0 Å². The highest BCUT2D eigenvalue weighted by atomic mass is 32.1. The Labute approximate surface area is 130 Å². The zero-order valence-electron chi connectivity index (χ0n) is 13.4. The van der Waals surface area contributed by atoms with Crippen molar-refractivity contribution in [3.8, 4) is 0 Å². The van der Waals surface area contributed by atoms with E-state index in [1.165, 1.54) is 11.3 Å². The van der Waals surface area contributed by atoms with Crippen LogP contribution in [-0.4, -0.2) is 39.5 Å². The van der Waals surface area contributed by atoms with Crippen LogP contribution >= 0.6 is 11.3 Å². The van der Waals surface area contributed by atoms with Gasteiger partial charge in [0.25, 0.3) is 0 Å². The summed E-state index contributed by atoms with van der Waals surface area (Å²) in [5.74, 6) is -0.298. The van der Waals surface area contributed by atoms with Gasteiger partial charge in [0, 0.05) is 32.6 Å². The first kappa shape index (κ1) is 17.9. The summed E-state index contributed by atoms with van der Waals surface area (Å²) < 4.78 is 14.9. The fourth-order valence-electron chi connectivity index (χ4n) is 2.36. The standard InChI is InChI=1S/C13H19NO3S.C2H6O/c1-4-17-12(15)10-8-5-6-13(2,16-3)7-9(8)18-11(10)14;1-3-2/h4-7,14H2,1-3H3;1-2H3. The molecule has 2 rings (SSSR count). The van der Waals surface area contributed by atoms with Gasteiger partial charge in [-0.2, -0.15) is 0 Å². The maximum atomic E-state index is 11.9. The van der Waals surface area contributed by atoms with Crippen LogP contribution in [0.2, 0.25) is 0 Å².